The third kappa shape index (κ3) is 1.32. The Morgan fingerprint density at radius 1 is 1.50 bits per heavy atom. The molecule has 1 aliphatic rings. The average Bonchev–Trinajstić information content (AvgIpc) is 2.77. The predicted octanol–water partition coefficient (Wildman–Crippen LogP) is 0.813. The fourth-order valence-corrected chi connectivity index (χ4v) is 1.39. The van der Waals surface area contributed by atoms with Crippen LogP contribution < -0.4 is 0 Å². The summed E-state index contributed by atoms with van der Waals surface area (Å²) in [6.07, 6.45) is -5.41. The van der Waals surface area contributed by atoms with E-state index in [1.54, 1.807) is 0 Å². The Balaban J connectivity index is 2.93. The summed E-state index contributed by atoms with van der Waals surface area (Å²) in [6, 6.07) is 0. The highest BCUT2D eigenvalue weighted by Crippen LogP contribution is 2.61. The van der Waals surface area contributed by atoms with Crippen molar-refractivity contribution in [2.45, 2.75) is 12.6 Å². The summed E-state index contributed by atoms with van der Waals surface area (Å²) in [4.78, 5) is 21.4. The van der Waals surface area contributed by atoms with Crippen molar-refractivity contribution in [2.24, 2.45) is 11.3 Å². The summed E-state index contributed by atoms with van der Waals surface area (Å²) >= 11 is 0. The van der Waals surface area contributed by atoms with Crippen LogP contribution >= 0.6 is 0 Å². The van der Waals surface area contributed by atoms with E-state index in [-0.39, 0.29) is 0 Å². The van der Waals surface area contributed by atoms with Crippen molar-refractivity contribution in [3.05, 3.63) is 0 Å². The van der Waals surface area contributed by atoms with Gasteiger partial charge in [0, 0.05) is 0 Å². The Labute approximate surface area is 76.7 Å². The Morgan fingerprint density at radius 3 is 2.21 bits per heavy atom. The van der Waals surface area contributed by atoms with Crippen molar-refractivity contribution in [3.63, 3.8) is 0 Å². The molecule has 0 heterocycles. The highest BCUT2D eigenvalue weighted by Gasteiger charge is 2.76. The number of ether oxygens (including phenoxy) is 1. The van der Waals surface area contributed by atoms with Gasteiger partial charge in [-0.3, -0.25) is 9.59 Å². The number of alkyl halides is 3. The van der Waals surface area contributed by atoms with E-state index in [4.69, 9.17) is 5.11 Å². The summed E-state index contributed by atoms with van der Waals surface area (Å²) in [5.41, 5.74) is -2.41. The van der Waals surface area contributed by atoms with Crippen LogP contribution in [0.15, 0.2) is 0 Å². The lowest BCUT2D eigenvalue weighted by molar-refractivity contribution is -0.179. The second-order valence-electron chi connectivity index (χ2n) is 3.07. The van der Waals surface area contributed by atoms with Gasteiger partial charge < -0.3 is 9.84 Å². The van der Waals surface area contributed by atoms with Gasteiger partial charge in [0.1, 0.15) is 0 Å². The van der Waals surface area contributed by atoms with E-state index < -0.39 is 35.9 Å². The SMILES string of the molecule is COC(=O)[C@]1(C(=O)O)C[C@@H]1C(F)(F)F. The first-order valence-corrected chi connectivity index (χ1v) is 3.65. The normalized spacial score (nSPS) is 31.0. The lowest BCUT2D eigenvalue weighted by Crippen LogP contribution is -2.32. The van der Waals surface area contributed by atoms with Crippen molar-refractivity contribution < 1.29 is 32.6 Å². The van der Waals surface area contributed by atoms with E-state index in [1.807, 2.05) is 0 Å². The molecule has 0 amide bonds. The standard InChI is InChI=1S/C7H7F3O4/c1-14-5(13)6(4(11)12)2-3(6)7(8,9)10/h3H,2H2,1H3,(H,11,12)/t3-,6+/m0/s1. The minimum absolute atomic E-state index is 0.738. The van der Waals surface area contributed by atoms with E-state index in [1.165, 1.54) is 0 Å². The summed E-state index contributed by atoms with van der Waals surface area (Å²) in [7, 11) is 0.860. The molecule has 0 unspecified atom stereocenters. The first-order chi connectivity index (χ1) is 6.26. The molecular formula is C7H7F3O4. The van der Waals surface area contributed by atoms with Crippen LogP contribution in [-0.4, -0.2) is 30.3 Å². The maximum Gasteiger partial charge on any atom is 0.393 e. The van der Waals surface area contributed by atoms with Crippen molar-refractivity contribution in [2.75, 3.05) is 7.11 Å². The van der Waals surface area contributed by atoms with Crippen LogP contribution in [0.5, 0.6) is 0 Å². The highest BCUT2D eigenvalue weighted by atomic mass is 19.4. The molecule has 0 spiro atoms. The van der Waals surface area contributed by atoms with Crippen LogP contribution in [0.25, 0.3) is 0 Å². The molecule has 4 nitrogen and oxygen atoms in total. The largest absolute Gasteiger partial charge is 0.480 e. The van der Waals surface area contributed by atoms with Crippen LogP contribution in [-0.2, 0) is 14.3 Å². The molecule has 1 aliphatic carbocycles. The van der Waals surface area contributed by atoms with Gasteiger partial charge in [-0.25, -0.2) is 0 Å². The van der Waals surface area contributed by atoms with Crippen LogP contribution in [0.1, 0.15) is 6.42 Å². The minimum Gasteiger partial charge on any atom is -0.480 e. The highest BCUT2D eigenvalue weighted by molar-refractivity contribution is 6.03. The zero-order valence-corrected chi connectivity index (χ0v) is 7.09. The zero-order valence-electron chi connectivity index (χ0n) is 7.09. The molecule has 0 saturated heterocycles. The van der Waals surface area contributed by atoms with Crippen molar-refractivity contribution in [1.29, 1.82) is 0 Å². The first-order valence-electron chi connectivity index (χ1n) is 3.65. The molecule has 80 valence electrons. The zero-order chi connectivity index (χ0) is 11.1. The number of carboxylic acid groups (broad SMARTS) is 1. The van der Waals surface area contributed by atoms with Crippen LogP contribution in [0.3, 0.4) is 0 Å². The number of carboxylic acids is 1. The number of rotatable bonds is 2. The van der Waals surface area contributed by atoms with Crippen molar-refractivity contribution >= 4 is 11.9 Å². The number of halogens is 3. The molecule has 14 heavy (non-hydrogen) atoms. The van der Waals surface area contributed by atoms with E-state index in [0.29, 0.717) is 0 Å². The Morgan fingerprint density at radius 2 is 2.00 bits per heavy atom. The van der Waals surface area contributed by atoms with Gasteiger partial charge in [-0.2, -0.15) is 13.2 Å². The molecule has 0 bridgehead atoms. The fourth-order valence-electron chi connectivity index (χ4n) is 1.39. The molecule has 1 N–H and O–H groups in total. The summed E-state index contributed by atoms with van der Waals surface area (Å²) in [5.74, 6) is -5.25. The molecule has 1 rings (SSSR count). The Bertz CT molecular complexity index is 285. The van der Waals surface area contributed by atoms with Gasteiger partial charge in [-0.1, -0.05) is 0 Å². The number of carbonyl (C=O) groups is 2. The minimum atomic E-state index is -4.67. The van der Waals surface area contributed by atoms with E-state index >= 15 is 0 Å². The molecule has 1 fully saturated rings. The Kier molecular flexibility index (Phi) is 2.21. The van der Waals surface area contributed by atoms with Gasteiger partial charge in [-0.05, 0) is 6.42 Å². The van der Waals surface area contributed by atoms with Crippen LogP contribution in [0.4, 0.5) is 13.2 Å². The number of aliphatic carboxylic acids is 1. The number of hydrogen-bond acceptors (Lipinski definition) is 3. The smallest absolute Gasteiger partial charge is 0.393 e. The third-order valence-electron chi connectivity index (χ3n) is 2.29. The second kappa shape index (κ2) is 2.86. The maximum atomic E-state index is 12.1. The van der Waals surface area contributed by atoms with Gasteiger partial charge in [0.05, 0.1) is 13.0 Å². The number of carbonyl (C=O) groups excluding carboxylic acids is 1. The number of esters is 1. The van der Waals surface area contributed by atoms with Gasteiger partial charge in [0.2, 0.25) is 0 Å². The number of methoxy groups -OCH3 is 1. The van der Waals surface area contributed by atoms with Gasteiger partial charge in [-0.15, -0.1) is 0 Å². The molecule has 0 aliphatic heterocycles. The fraction of sp³-hybridized carbons (Fsp3) is 0.714. The monoisotopic (exact) mass is 212 g/mol. The maximum absolute atomic E-state index is 12.1. The lowest BCUT2D eigenvalue weighted by atomic mass is 10.0. The molecule has 0 radical (unpaired) electrons. The lowest BCUT2D eigenvalue weighted by Gasteiger charge is -2.11. The molecule has 7 heteroatoms. The first kappa shape index (κ1) is 10.8. The molecular weight excluding hydrogens is 205 g/mol. The van der Waals surface area contributed by atoms with Gasteiger partial charge in [0.25, 0.3) is 0 Å². The van der Waals surface area contributed by atoms with E-state index in [9.17, 15) is 22.8 Å². The van der Waals surface area contributed by atoms with E-state index in [0.717, 1.165) is 7.11 Å². The van der Waals surface area contributed by atoms with Crippen LogP contribution in [0.2, 0.25) is 0 Å². The quantitative estimate of drug-likeness (QED) is 0.543. The molecule has 0 aromatic rings. The van der Waals surface area contributed by atoms with Gasteiger partial charge >= 0.3 is 18.1 Å². The van der Waals surface area contributed by atoms with Crippen LogP contribution in [0, 0.1) is 11.3 Å². The molecule has 0 aromatic heterocycles. The summed E-state index contributed by atoms with van der Waals surface area (Å²) < 4.78 is 40.4. The topological polar surface area (TPSA) is 63.6 Å². The molecule has 1 saturated carbocycles. The predicted molar refractivity (Wildman–Crippen MR) is 36.2 cm³/mol. The molecule has 2 atom stereocenters. The van der Waals surface area contributed by atoms with E-state index in [2.05, 4.69) is 4.74 Å². The van der Waals surface area contributed by atoms with Crippen molar-refractivity contribution in [1.82, 2.24) is 0 Å². The summed E-state index contributed by atoms with van der Waals surface area (Å²) in [6.45, 7) is 0. The molecule has 0 aromatic carbocycles. The average molecular weight is 212 g/mol. The van der Waals surface area contributed by atoms with Gasteiger partial charge in [0.15, 0.2) is 5.41 Å². The second-order valence-corrected chi connectivity index (χ2v) is 3.07. The number of hydrogen-bond donors (Lipinski definition) is 1. The third-order valence-corrected chi connectivity index (χ3v) is 2.29. The summed E-state index contributed by atoms with van der Waals surface area (Å²) in [5, 5.41) is 8.54. The van der Waals surface area contributed by atoms with Crippen molar-refractivity contribution in [3.8, 4) is 0 Å². The Hall–Kier alpha value is -1.27.